The summed E-state index contributed by atoms with van der Waals surface area (Å²) < 4.78 is 0. The lowest BCUT2D eigenvalue weighted by atomic mass is 10.2. The van der Waals surface area contributed by atoms with Gasteiger partial charge >= 0.3 is 0 Å². The quantitative estimate of drug-likeness (QED) is 0.798. The van der Waals surface area contributed by atoms with Gasteiger partial charge < -0.3 is 5.32 Å². The lowest BCUT2D eigenvalue weighted by molar-refractivity contribution is 0.102. The molecule has 0 saturated heterocycles. The molecule has 2 aromatic rings. The van der Waals surface area contributed by atoms with Crippen molar-refractivity contribution < 1.29 is 4.79 Å². The number of aryl methyl sites for hydroxylation is 1. The highest BCUT2D eigenvalue weighted by Crippen LogP contribution is 2.11. The molecule has 0 atom stereocenters. The maximum absolute atomic E-state index is 11.8. The molecule has 4 heteroatoms. The Hall–Kier alpha value is -1.81. The second kappa shape index (κ2) is 5.01. The van der Waals surface area contributed by atoms with E-state index in [-0.39, 0.29) is 5.91 Å². The predicted octanol–water partition coefficient (Wildman–Crippen LogP) is 2.93. The summed E-state index contributed by atoms with van der Waals surface area (Å²) >= 11 is 4.17. The third kappa shape index (κ3) is 3.07. The van der Waals surface area contributed by atoms with E-state index in [2.05, 4.69) is 22.9 Å². The molecule has 0 aliphatic rings. The molecule has 1 aromatic carbocycles. The average Bonchev–Trinajstić information content (AvgIpc) is 2.33. The number of aromatic nitrogens is 1. The maximum Gasteiger partial charge on any atom is 0.255 e. The van der Waals surface area contributed by atoms with E-state index in [4.69, 9.17) is 0 Å². The standard InChI is InChI=1S/C13H12N2OS/c1-9-2-5-11(8-14-9)15-13(16)10-3-6-12(17)7-4-10/h2-8,17H,1H3,(H,15,16). The number of amides is 1. The second-order valence-electron chi connectivity index (χ2n) is 3.69. The molecule has 0 radical (unpaired) electrons. The molecular weight excluding hydrogens is 232 g/mol. The van der Waals surface area contributed by atoms with E-state index in [1.54, 1.807) is 30.5 Å². The number of nitrogens with one attached hydrogen (secondary N) is 1. The van der Waals surface area contributed by atoms with Crippen LogP contribution in [0.25, 0.3) is 0 Å². The van der Waals surface area contributed by atoms with Gasteiger partial charge in [0.25, 0.3) is 5.91 Å². The Kier molecular flexibility index (Phi) is 3.44. The van der Waals surface area contributed by atoms with Crippen LogP contribution in [0.1, 0.15) is 16.1 Å². The minimum atomic E-state index is -0.149. The summed E-state index contributed by atoms with van der Waals surface area (Å²) in [5.74, 6) is -0.149. The van der Waals surface area contributed by atoms with Crippen molar-refractivity contribution in [3.8, 4) is 0 Å². The number of carbonyl (C=O) groups is 1. The predicted molar refractivity (Wildman–Crippen MR) is 70.6 cm³/mol. The molecule has 3 nitrogen and oxygen atoms in total. The number of anilines is 1. The topological polar surface area (TPSA) is 42.0 Å². The SMILES string of the molecule is Cc1ccc(NC(=O)c2ccc(S)cc2)cn1. The fourth-order valence-electron chi connectivity index (χ4n) is 1.36. The van der Waals surface area contributed by atoms with Gasteiger partial charge in [-0.1, -0.05) is 0 Å². The van der Waals surface area contributed by atoms with Crippen LogP contribution in [-0.2, 0) is 0 Å². The Bertz CT molecular complexity index is 520. The highest BCUT2D eigenvalue weighted by molar-refractivity contribution is 7.80. The number of rotatable bonds is 2. The molecule has 17 heavy (non-hydrogen) atoms. The molecule has 1 heterocycles. The van der Waals surface area contributed by atoms with Crippen LogP contribution in [0.15, 0.2) is 47.5 Å². The van der Waals surface area contributed by atoms with Gasteiger partial charge in [-0.25, -0.2) is 0 Å². The summed E-state index contributed by atoms with van der Waals surface area (Å²) in [6.07, 6.45) is 1.64. The first-order valence-corrected chi connectivity index (χ1v) is 5.63. The van der Waals surface area contributed by atoms with Crippen molar-refractivity contribution in [2.24, 2.45) is 0 Å². The minimum absolute atomic E-state index is 0.149. The number of hydrogen-bond acceptors (Lipinski definition) is 3. The first-order valence-electron chi connectivity index (χ1n) is 5.18. The van der Waals surface area contributed by atoms with E-state index in [0.29, 0.717) is 11.3 Å². The summed E-state index contributed by atoms with van der Waals surface area (Å²) in [6.45, 7) is 1.90. The number of carbonyl (C=O) groups excluding carboxylic acids is 1. The summed E-state index contributed by atoms with van der Waals surface area (Å²) in [6, 6.07) is 10.7. The van der Waals surface area contributed by atoms with Crippen LogP contribution in [0.5, 0.6) is 0 Å². The van der Waals surface area contributed by atoms with Gasteiger partial charge in [-0.15, -0.1) is 12.6 Å². The largest absolute Gasteiger partial charge is 0.321 e. The van der Waals surface area contributed by atoms with Gasteiger partial charge in [0.2, 0.25) is 0 Å². The van der Waals surface area contributed by atoms with Crippen molar-refractivity contribution in [3.05, 3.63) is 53.9 Å². The number of thiol groups is 1. The fourth-order valence-corrected chi connectivity index (χ4v) is 1.51. The van der Waals surface area contributed by atoms with E-state index in [0.717, 1.165) is 10.6 Å². The van der Waals surface area contributed by atoms with Crippen LogP contribution >= 0.6 is 12.6 Å². The van der Waals surface area contributed by atoms with E-state index in [1.165, 1.54) is 0 Å². The Morgan fingerprint density at radius 1 is 1.18 bits per heavy atom. The molecule has 2 rings (SSSR count). The minimum Gasteiger partial charge on any atom is -0.321 e. The molecular formula is C13H12N2OS. The van der Waals surface area contributed by atoms with Gasteiger partial charge in [0.05, 0.1) is 11.9 Å². The molecule has 86 valence electrons. The number of nitrogens with zero attached hydrogens (tertiary/aromatic N) is 1. The Morgan fingerprint density at radius 3 is 2.47 bits per heavy atom. The van der Waals surface area contributed by atoms with E-state index in [1.807, 2.05) is 19.1 Å². The highest BCUT2D eigenvalue weighted by Gasteiger charge is 2.05. The maximum atomic E-state index is 11.8. The van der Waals surface area contributed by atoms with Gasteiger partial charge in [0.1, 0.15) is 0 Å². The molecule has 1 amide bonds. The molecule has 0 unspecified atom stereocenters. The fraction of sp³-hybridized carbons (Fsp3) is 0.0769. The third-order valence-electron chi connectivity index (χ3n) is 2.30. The number of hydrogen-bond donors (Lipinski definition) is 2. The number of pyridine rings is 1. The monoisotopic (exact) mass is 244 g/mol. The van der Waals surface area contributed by atoms with E-state index in [9.17, 15) is 4.79 Å². The first kappa shape index (κ1) is 11.7. The van der Waals surface area contributed by atoms with Crippen molar-refractivity contribution in [1.82, 2.24) is 4.98 Å². The van der Waals surface area contributed by atoms with Crippen LogP contribution in [-0.4, -0.2) is 10.9 Å². The third-order valence-corrected chi connectivity index (χ3v) is 2.60. The van der Waals surface area contributed by atoms with Crippen molar-refractivity contribution >= 4 is 24.2 Å². The summed E-state index contributed by atoms with van der Waals surface area (Å²) in [5.41, 5.74) is 2.21. The van der Waals surface area contributed by atoms with E-state index >= 15 is 0 Å². The van der Waals surface area contributed by atoms with Crippen molar-refractivity contribution in [2.75, 3.05) is 5.32 Å². The number of benzene rings is 1. The van der Waals surface area contributed by atoms with Crippen LogP contribution in [0.2, 0.25) is 0 Å². The lowest BCUT2D eigenvalue weighted by Crippen LogP contribution is -2.11. The second-order valence-corrected chi connectivity index (χ2v) is 4.21. The van der Waals surface area contributed by atoms with Crippen molar-refractivity contribution in [2.45, 2.75) is 11.8 Å². The zero-order valence-corrected chi connectivity index (χ0v) is 10.2. The van der Waals surface area contributed by atoms with Gasteiger partial charge in [-0.05, 0) is 43.3 Å². The smallest absolute Gasteiger partial charge is 0.255 e. The molecule has 1 aromatic heterocycles. The van der Waals surface area contributed by atoms with Crippen LogP contribution < -0.4 is 5.32 Å². The molecule has 0 bridgehead atoms. The van der Waals surface area contributed by atoms with Gasteiger partial charge in [0.15, 0.2) is 0 Å². The summed E-state index contributed by atoms with van der Waals surface area (Å²) in [4.78, 5) is 16.8. The molecule has 0 aliphatic carbocycles. The van der Waals surface area contributed by atoms with Crippen LogP contribution in [0.4, 0.5) is 5.69 Å². The zero-order valence-electron chi connectivity index (χ0n) is 9.34. The van der Waals surface area contributed by atoms with Gasteiger partial charge in [-0.2, -0.15) is 0 Å². The average molecular weight is 244 g/mol. The molecule has 0 aliphatic heterocycles. The highest BCUT2D eigenvalue weighted by atomic mass is 32.1. The Morgan fingerprint density at radius 2 is 1.88 bits per heavy atom. The lowest BCUT2D eigenvalue weighted by Gasteiger charge is -2.05. The zero-order chi connectivity index (χ0) is 12.3. The van der Waals surface area contributed by atoms with Crippen molar-refractivity contribution in [3.63, 3.8) is 0 Å². The van der Waals surface area contributed by atoms with Crippen molar-refractivity contribution in [1.29, 1.82) is 0 Å². The van der Waals surface area contributed by atoms with Gasteiger partial charge in [-0.3, -0.25) is 9.78 Å². The molecule has 0 saturated carbocycles. The normalized spacial score (nSPS) is 10.0. The molecule has 0 fully saturated rings. The molecule has 1 N–H and O–H groups in total. The summed E-state index contributed by atoms with van der Waals surface area (Å²) in [7, 11) is 0. The Balaban J connectivity index is 2.11. The first-order chi connectivity index (χ1) is 8.15. The Labute approximate surface area is 105 Å². The molecule has 0 spiro atoms. The van der Waals surface area contributed by atoms with E-state index < -0.39 is 0 Å². The van der Waals surface area contributed by atoms with Crippen LogP contribution in [0, 0.1) is 6.92 Å². The summed E-state index contributed by atoms with van der Waals surface area (Å²) in [5, 5.41) is 2.78. The van der Waals surface area contributed by atoms with Gasteiger partial charge in [0, 0.05) is 16.2 Å². The van der Waals surface area contributed by atoms with Crippen LogP contribution in [0.3, 0.4) is 0 Å².